The monoisotopic (exact) mass is 632 g/mol. The van der Waals surface area contributed by atoms with Crippen molar-refractivity contribution in [2.24, 2.45) is 11.8 Å². The number of hydrogen-bond acceptors (Lipinski definition) is 4. The van der Waals surface area contributed by atoms with Gasteiger partial charge in [-0.15, -0.1) is 0 Å². The molecule has 2 aromatic carbocycles. The molecule has 46 heavy (non-hydrogen) atoms. The van der Waals surface area contributed by atoms with E-state index in [0.717, 1.165) is 52.8 Å². The number of benzene rings is 2. The Morgan fingerprint density at radius 2 is 1.11 bits per heavy atom. The van der Waals surface area contributed by atoms with Gasteiger partial charge in [0.1, 0.15) is 11.6 Å². The fourth-order valence-corrected chi connectivity index (χ4v) is 5.31. The Hall–Kier alpha value is -4.34. The smallest absolute Gasteiger partial charge is 0.262 e. The number of nitrogens with zero attached hydrogens (tertiary/aromatic N) is 4. The minimum absolute atomic E-state index is 0.00943. The summed E-state index contributed by atoms with van der Waals surface area (Å²) in [7, 11) is 0. The molecule has 4 aromatic rings. The highest BCUT2D eigenvalue weighted by atomic mass is 19.3. The lowest BCUT2D eigenvalue weighted by atomic mass is 10.0. The molecule has 4 rings (SSSR count). The first-order valence-electron chi connectivity index (χ1n) is 16.0. The molecule has 2 N–H and O–H groups in total. The van der Waals surface area contributed by atoms with Crippen LogP contribution in [0, 0.1) is 11.8 Å². The number of aromatic nitrogens is 4. The van der Waals surface area contributed by atoms with Crippen molar-refractivity contribution in [3.05, 3.63) is 72.6 Å². The van der Waals surface area contributed by atoms with Crippen molar-refractivity contribution in [2.75, 3.05) is 13.1 Å². The van der Waals surface area contributed by atoms with Gasteiger partial charge in [-0.25, -0.2) is 18.7 Å². The van der Waals surface area contributed by atoms with Crippen molar-refractivity contribution in [3.63, 3.8) is 0 Å². The predicted octanol–water partition coefficient (Wildman–Crippen LogP) is 7.95. The number of aromatic amines is 2. The Balaban J connectivity index is 1.41. The van der Waals surface area contributed by atoms with Crippen molar-refractivity contribution >= 4 is 11.8 Å². The van der Waals surface area contributed by atoms with E-state index >= 15 is 0 Å². The van der Waals surface area contributed by atoms with E-state index < -0.39 is 12.5 Å². The van der Waals surface area contributed by atoms with Crippen LogP contribution in [0.2, 0.25) is 0 Å². The topological polar surface area (TPSA) is 98.0 Å². The molecule has 0 saturated heterocycles. The second kappa shape index (κ2) is 15.3. The molecule has 0 radical (unpaired) electrons. The first-order valence-corrected chi connectivity index (χ1v) is 16.0. The number of amides is 2. The SMILES string of the molecule is CCCN(Cc1ncc(-c2ccc(-c3ccc(-c4cnc(CN(CC(C)(F)F)C(=O)CC(C)C)[nH]4)cc3)cc2)[nH]1)C(=O)CC(C)C. The van der Waals surface area contributed by atoms with Crippen LogP contribution in [0.15, 0.2) is 60.9 Å². The number of hydrogen-bond donors (Lipinski definition) is 2. The molecule has 2 heterocycles. The van der Waals surface area contributed by atoms with Crippen LogP contribution in [-0.4, -0.2) is 60.6 Å². The Labute approximate surface area is 270 Å². The van der Waals surface area contributed by atoms with Gasteiger partial charge in [0, 0.05) is 26.3 Å². The molecule has 0 fully saturated rings. The molecule has 10 heteroatoms. The van der Waals surface area contributed by atoms with Gasteiger partial charge in [-0.3, -0.25) is 9.59 Å². The summed E-state index contributed by atoms with van der Waals surface area (Å²) in [6, 6.07) is 16.2. The van der Waals surface area contributed by atoms with Crippen LogP contribution >= 0.6 is 0 Å². The van der Waals surface area contributed by atoms with Crippen molar-refractivity contribution in [2.45, 2.75) is 79.8 Å². The molecular weight excluding hydrogens is 586 g/mol. The summed E-state index contributed by atoms with van der Waals surface area (Å²) < 4.78 is 27.6. The van der Waals surface area contributed by atoms with Crippen molar-refractivity contribution in [1.82, 2.24) is 29.7 Å². The maximum atomic E-state index is 13.8. The van der Waals surface area contributed by atoms with Crippen LogP contribution in [0.25, 0.3) is 33.6 Å². The largest absolute Gasteiger partial charge is 0.341 e. The molecule has 0 spiro atoms. The van der Waals surface area contributed by atoms with Gasteiger partial charge >= 0.3 is 0 Å². The standard InChI is InChI=1S/C36H46F2N6O2/c1-7-16-43(34(45)17-24(2)3)21-32-39-19-30(41-32)28-12-8-26(9-13-28)27-10-14-29(15-11-27)31-20-40-33(42-31)22-44(23-36(6,37)38)35(46)18-25(4)5/h8-15,19-20,24-25H,7,16-18,21-23H2,1-6H3,(H,39,41)(H,40,42). The number of nitrogens with one attached hydrogen (secondary N) is 2. The zero-order valence-electron chi connectivity index (χ0n) is 27.7. The van der Waals surface area contributed by atoms with Gasteiger partial charge in [-0.05, 0) is 40.5 Å². The maximum Gasteiger partial charge on any atom is 0.262 e. The van der Waals surface area contributed by atoms with Crippen LogP contribution in [-0.2, 0) is 22.7 Å². The van der Waals surface area contributed by atoms with Crippen LogP contribution in [0.4, 0.5) is 8.78 Å². The van der Waals surface area contributed by atoms with E-state index in [0.29, 0.717) is 31.3 Å². The lowest BCUT2D eigenvalue weighted by Crippen LogP contribution is -2.39. The highest BCUT2D eigenvalue weighted by molar-refractivity contribution is 5.77. The summed E-state index contributed by atoms with van der Waals surface area (Å²) in [5.41, 5.74) is 5.63. The lowest BCUT2D eigenvalue weighted by Gasteiger charge is -2.25. The third-order valence-corrected chi connectivity index (χ3v) is 7.50. The van der Waals surface area contributed by atoms with E-state index in [1.807, 2.05) is 61.3 Å². The Kier molecular flexibility index (Phi) is 11.5. The summed E-state index contributed by atoms with van der Waals surface area (Å²) in [6.45, 7) is 11.3. The van der Waals surface area contributed by atoms with Crippen LogP contribution in [0.1, 0.15) is 72.5 Å². The van der Waals surface area contributed by atoms with E-state index in [9.17, 15) is 18.4 Å². The van der Waals surface area contributed by atoms with E-state index in [1.165, 1.54) is 4.90 Å². The fourth-order valence-electron chi connectivity index (χ4n) is 5.31. The summed E-state index contributed by atoms with van der Waals surface area (Å²) in [5.74, 6) is -1.56. The molecule has 0 saturated carbocycles. The van der Waals surface area contributed by atoms with E-state index in [2.05, 4.69) is 52.8 Å². The van der Waals surface area contributed by atoms with E-state index in [1.54, 1.807) is 6.20 Å². The number of carbonyl (C=O) groups excluding carboxylic acids is 2. The molecular formula is C36H46F2N6O2. The summed E-state index contributed by atoms with van der Waals surface area (Å²) >= 11 is 0. The quantitative estimate of drug-likeness (QED) is 0.139. The first-order chi connectivity index (χ1) is 21.8. The van der Waals surface area contributed by atoms with Gasteiger partial charge in [0.2, 0.25) is 11.8 Å². The third-order valence-electron chi connectivity index (χ3n) is 7.50. The third kappa shape index (κ3) is 9.83. The Morgan fingerprint density at radius 3 is 1.50 bits per heavy atom. The lowest BCUT2D eigenvalue weighted by molar-refractivity contribution is -0.137. The molecule has 0 unspecified atom stereocenters. The van der Waals surface area contributed by atoms with Gasteiger partial charge in [0.05, 0.1) is 43.4 Å². The molecule has 0 aliphatic heterocycles. The summed E-state index contributed by atoms with van der Waals surface area (Å²) in [6.07, 6.45) is 5.09. The number of halogens is 2. The van der Waals surface area contributed by atoms with Crippen LogP contribution in [0.5, 0.6) is 0 Å². The highest BCUT2D eigenvalue weighted by Crippen LogP contribution is 2.27. The Bertz CT molecular complexity index is 1570. The van der Waals surface area contributed by atoms with Gasteiger partial charge in [0.15, 0.2) is 0 Å². The van der Waals surface area contributed by atoms with E-state index in [-0.39, 0.29) is 30.7 Å². The predicted molar refractivity (Wildman–Crippen MR) is 178 cm³/mol. The number of carbonyl (C=O) groups is 2. The zero-order valence-corrected chi connectivity index (χ0v) is 27.7. The highest BCUT2D eigenvalue weighted by Gasteiger charge is 2.29. The van der Waals surface area contributed by atoms with Gasteiger partial charge in [-0.1, -0.05) is 83.1 Å². The first kappa shape index (κ1) is 34.5. The maximum absolute atomic E-state index is 13.8. The second-order valence-corrected chi connectivity index (χ2v) is 13.0. The molecule has 0 bridgehead atoms. The zero-order chi connectivity index (χ0) is 33.4. The number of H-pyrrole nitrogens is 2. The minimum atomic E-state index is -3.00. The molecule has 8 nitrogen and oxygen atoms in total. The second-order valence-electron chi connectivity index (χ2n) is 13.0. The number of alkyl halides is 2. The molecule has 0 atom stereocenters. The fraction of sp³-hybridized carbons (Fsp3) is 0.444. The molecule has 2 amide bonds. The molecule has 246 valence electrons. The molecule has 2 aromatic heterocycles. The summed E-state index contributed by atoms with van der Waals surface area (Å²) in [4.78, 5) is 43.8. The van der Waals surface area contributed by atoms with E-state index in [4.69, 9.17) is 0 Å². The molecule has 0 aliphatic rings. The van der Waals surface area contributed by atoms with Gasteiger partial charge < -0.3 is 19.8 Å². The summed E-state index contributed by atoms with van der Waals surface area (Å²) in [5, 5.41) is 0. The minimum Gasteiger partial charge on any atom is -0.341 e. The average molecular weight is 633 g/mol. The van der Waals surface area contributed by atoms with Crippen molar-refractivity contribution in [3.8, 4) is 33.6 Å². The van der Waals surface area contributed by atoms with Crippen molar-refractivity contribution < 1.29 is 18.4 Å². The average Bonchev–Trinajstić information content (AvgIpc) is 3.65. The molecule has 0 aliphatic carbocycles. The normalized spacial score (nSPS) is 11.8. The van der Waals surface area contributed by atoms with Crippen LogP contribution in [0.3, 0.4) is 0 Å². The van der Waals surface area contributed by atoms with Crippen LogP contribution < -0.4 is 0 Å². The van der Waals surface area contributed by atoms with Gasteiger partial charge in [0.25, 0.3) is 5.92 Å². The number of imidazole rings is 2. The Morgan fingerprint density at radius 1 is 0.717 bits per heavy atom. The number of rotatable bonds is 15. The van der Waals surface area contributed by atoms with Gasteiger partial charge in [-0.2, -0.15) is 0 Å². The van der Waals surface area contributed by atoms with Crippen molar-refractivity contribution in [1.29, 1.82) is 0 Å².